The van der Waals surface area contributed by atoms with Crippen molar-refractivity contribution in [2.75, 3.05) is 19.7 Å². The van der Waals surface area contributed by atoms with Crippen molar-refractivity contribution >= 4 is 11.9 Å². The van der Waals surface area contributed by atoms with Gasteiger partial charge in [0.05, 0.1) is 35.2 Å². The minimum absolute atomic E-state index is 0.0506. The Morgan fingerprint density at radius 3 is 2.52 bits per heavy atom. The maximum atomic E-state index is 13.8. The largest absolute Gasteiger partial charge is 0.466 e. The first kappa shape index (κ1) is 21.5. The highest BCUT2D eigenvalue weighted by atomic mass is 19.1. The van der Waals surface area contributed by atoms with Crippen LogP contribution in [0.3, 0.4) is 0 Å². The number of rotatable bonds is 6. The molecule has 1 aliphatic carbocycles. The summed E-state index contributed by atoms with van der Waals surface area (Å²) in [5, 5.41) is 4.85. The fourth-order valence-electron chi connectivity index (χ4n) is 4.39. The minimum atomic E-state index is -0.306. The van der Waals surface area contributed by atoms with Crippen LogP contribution in [0.25, 0.3) is 5.69 Å². The molecule has 1 saturated heterocycles. The summed E-state index contributed by atoms with van der Waals surface area (Å²) in [6.45, 7) is 7.23. The third-order valence-corrected chi connectivity index (χ3v) is 6.07. The van der Waals surface area contributed by atoms with Crippen molar-refractivity contribution in [1.82, 2.24) is 14.7 Å². The van der Waals surface area contributed by atoms with E-state index in [0.717, 1.165) is 42.8 Å². The normalized spacial score (nSPS) is 19.0. The monoisotopic (exact) mass is 427 g/mol. The highest BCUT2D eigenvalue weighted by Gasteiger charge is 2.38. The minimum Gasteiger partial charge on any atom is -0.466 e. The van der Waals surface area contributed by atoms with Crippen LogP contribution in [-0.4, -0.2) is 46.3 Å². The van der Waals surface area contributed by atoms with Crippen LogP contribution in [-0.2, 0) is 9.53 Å². The van der Waals surface area contributed by atoms with E-state index in [4.69, 9.17) is 9.84 Å². The Kier molecular flexibility index (Phi) is 6.12. The number of benzene rings is 1. The van der Waals surface area contributed by atoms with Gasteiger partial charge in [-0.2, -0.15) is 5.10 Å². The smallest absolute Gasteiger partial charge is 0.310 e. The van der Waals surface area contributed by atoms with E-state index >= 15 is 0 Å². The van der Waals surface area contributed by atoms with Gasteiger partial charge in [0, 0.05) is 19.0 Å². The van der Waals surface area contributed by atoms with Crippen molar-refractivity contribution in [3.05, 3.63) is 47.0 Å². The molecule has 7 heteroatoms. The van der Waals surface area contributed by atoms with Crippen molar-refractivity contribution < 1.29 is 18.7 Å². The molecule has 1 saturated carbocycles. The van der Waals surface area contributed by atoms with Crippen molar-refractivity contribution in [3.8, 4) is 5.69 Å². The molecule has 1 atom stereocenters. The fraction of sp³-hybridized carbons (Fsp3) is 0.542. The lowest BCUT2D eigenvalue weighted by Crippen LogP contribution is -2.43. The SMILES string of the molecule is CCOC(=O)[C@H]1CCCN(C(=O)c2c(C3CC3)nn(-c3ccc(F)cc3)c2C(C)C)C1. The third kappa shape index (κ3) is 4.36. The Morgan fingerprint density at radius 2 is 1.90 bits per heavy atom. The molecule has 0 N–H and O–H groups in total. The van der Waals surface area contributed by atoms with Crippen LogP contribution in [0.2, 0.25) is 0 Å². The molecule has 2 fully saturated rings. The predicted octanol–water partition coefficient (Wildman–Crippen LogP) is 4.43. The van der Waals surface area contributed by atoms with Gasteiger partial charge in [-0.25, -0.2) is 9.07 Å². The molecule has 1 aliphatic heterocycles. The molecule has 4 rings (SSSR count). The lowest BCUT2D eigenvalue weighted by atomic mass is 9.95. The van der Waals surface area contributed by atoms with Gasteiger partial charge in [-0.1, -0.05) is 13.8 Å². The number of carbonyl (C=O) groups excluding carboxylic acids is 2. The lowest BCUT2D eigenvalue weighted by Gasteiger charge is -2.32. The van der Waals surface area contributed by atoms with Gasteiger partial charge in [-0.15, -0.1) is 0 Å². The van der Waals surface area contributed by atoms with Gasteiger partial charge in [0.2, 0.25) is 0 Å². The summed E-state index contributed by atoms with van der Waals surface area (Å²) in [6.07, 6.45) is 3.55. The van der Waals surface area contributed by atoms with Gasteiger partial charge in [-0.05, 0) is 62.8 Å². The maximum absolute atomic E-state index is 13.8. The van der Waals surface area contributed by atoms with Crippen LogP contribution in [0.4, 0.5) is 4.39 Å². The zero-order chi connectivity index (χ0) is 22.1. The first-order valence-electron chi connectivity index (χ1n) is 11.2. The number of esters is 1. The number of likely N-dealkylation sites (tertiary alicyclic amines) is 1. The number of nitrogens with zero attached hydrogens (tertiary/aromatic N) is 3. The van der Waals surface area contributed by atoms with E-state index in [1.807, 2.05) is 13.8 Å². The second-order valence-electron chi connectivity index (χ2n) is 8.81. The lowest BCUT2D eigenvalue weighted by molar-refractivity contribution is -0.149. The molecule has 0 unspecified atom stereocenters. The van der Waals surface area contributed by atoms with Gasteiger partial charge >= 0.3 is 5.97 Å². The van der Waals surface area contributed by atoms with Crippen LogP contribution in [0.5, 0.6) is 0 Å². The van der Waals surface area contributed by atoms with E-state index in [9.17, 15) is 14.0 Å². The molecule has 0 radical (unpaired) electrons. The Morgan fingerprint density at radius 1 is 1.19 bits per heavy atom. The summed E-state index contributed by atoms with van der Waals surface area (Å²) in [7, 11) is 0. The highest BCUT2D eigenvalue weighted by molar-refractivity contribution is 5.97. The zero-order valence-corrected chi connectivity index (χ0v) is 18.4. The molecule has 31 heavy (non-hydrogen) atoms. The maximum Gasteiger partial charge on any atom is 0.310 e. The van der Waals surface area contributed by atoms with Gasteiger partial charge in [0.15, 0.2) is 0 Å². The summed E-state index contributed by atoms with van der Waals surface area (Å²) in [5.41, 5.74) is 3.08. The number of halogens is 1. The predicted molar refractivity (Wildman–Crippen MR) is 115 cm³/mol. The summed E-state index contributed by atoms with van der Waals surface area (Å²) in [5.74, 6) is -0.546. The summed E-state index contributed by atoms with van der Waals surface area (Å²) in [6, 6.07) is 6.20. The number of piperidine rings is 1. The van der Waals surface area contributed by atoms with E-state index in [1.54, 1.807) is 28.6 Å². The van der Waals surface area contributed by atoms with Crippen molar-refractivity contribution in [2.45, 2.75) is 58.3 Å². The summed E-state index contributed by atoms with van der Waals surface area (Å²) < 4.78 is 20.5. The molecular weight excluding hydrogens is 397 g/mol. The van der Waals surface area contributed by atoms with Crippen LogP contribution in [0.15, 0.2) is 24.3 Å². The van der Waals surface area contributed by atoms with Gasteiger partial charge in [0.25, 0.3) is 5.91 Å². The Bertz CT molecular complexity index is 963. The average molecular weight is 428 g/mol. The van der Waals surface area contributed by atoms with Crippen LogP contribution in [0.1, 0.15) is 80.0 Å². The van der Waals surface area contributed by atoms with Crippen molar-refractivity contribution in [1.29, 1.82) is 0 Å². The first-order valence-corrected chi connectivity index (χ1v) is 11.2. The average Bonchev–Trinajstić information content (AvgIpc) is 3.53. The van der Waals surface area contributed by atoms with Crippen molar-refractivity contribution in [3.63, 3.8) is 0 Å². The Hall–Kier alpha value is -2.70. The summed E-state index contributed by atoms with van der Waals surface area (Å²) >= 11 is 0. The van der Waals surface area contributed by atoms with Gasteiger partial charge in [0.1, 0.15) is 5.82 Å². The van der Waals surface area contributed by atoms with E-state index in [-0.39, 0.29) is 35.4 Å². The fourth-order valence-corrected chi connectivity index (χ4v) is 4.39. The topological polar surface area (TPSA) is 64.4 Å². The standard InChI is InChI=1S/C24H30FN3O3/c1-4-31-24(30)17-6-5-13-27(14-17)23(29)20-21(16-7-8-16)26-28(22(20)15(2)3)19-11-9-18(25)10-12-19/h9-12,15-17H,4-8,13-14H2,1-3H3/t17-/m0/s1. The van der Waals surface area contributed by atoms with E-state index < -0.39 is 0 Å². The third-order valence-electron chi connectivity index (χ3n) is 6.07. The van der Waals surface area contributed by atoms with E-state index in [2.05, 4.69) is 0 Å². The second-order valence-corrected chi connectivity index (χ2v) is 8.81. The molecule has 2 aliphatic rings. The number of ether oxygens (including phenoxy) is 1. The van der Waals surface area contributed by atoms with E-state index in [0.29, 0.717) is 25.3 Å². The molecule has 166 valence electrons. The Labute approximate surface area is 182 Å². The van der Waals surface area contributed by atoms with Crippen LogP contribution in [0, 0.1) is 11.7 Å². The van der Waals surface area contributed by atoms with Gasteiger partial charge in [-0.3, -0.25) is 9.59 Å². The quantitative estimate of drug-likeness (QED) is 0.640. The number of aromatic nitrogens is 2. The molecule has 2 heterocycles. The van der Waals surface area contributed by atoms with Crippen molar-refractivity contribution in [2.24, 2.45) is 5.92 Å². The molecule has 0 bridgehead atoms. The summed E-state index contributed by atoms with van der Waals surface area (Å²) in [4.78, 5) is 27.8. The molecular formula is C24H30FN3O3. The number of amides is 1. The van der Waals surface area contributed by atoms with Gasteiger partial charge < -0.3 is 9.64 Å². The molecule has 2 aromatic rings. The Balaban J connectivity index is 1.72. The molecule has 0 spiro atoms. The van der Waals surface area contributed by atoms with Crippen LogP contribution >= 0.6 is 0 Å². The molecule has 1 aromatic heterocycles. The first-order chi connectivity index (χ1) is 14.9. The second kappa shape index (κ2) is 8.81. The number of hydrogen-bond acceptors (Lipinski definition) is 4. The number of carbonyl (C=O) groups is 2. The zero-order valence-electron chi connectivity index (χ0n) is 18.4. The van der Waals surface area contributed by atoms with Crippen LogP contribution < -0.4 is 0 Å². The number of hydrogen-bond donors (Lipinski definition) is 0. The molecule has 1 aromatic carbocycles. The molecule has 1 amide bonds. The van der Waals surface area contributed by atoms with E-state index in [1.165, 1.54) is 12.1 Å². The highest BCUT2D eigenvalue weighted by Crippen LogP contribution is 2.43. The molecule has 6 nitrogen and oxygen atoms in total.